The molecule has 0 heterocycles. The molecule has 3 aliphatic carbocycles. The van der Waals surface area contributed by atoms with Gasteiger partial charge in [-0.15, -0.1) is 0 Å². The lowest BCUT2D eigenvalue weighted by Gasteiger charge is -2.49. The highest BCUT2D eigenvalue weighted by atomic mass is 16.5. The number of hydrogen-bond donors (Lipinski definition) is 0. The van der Waals surface area contributed by atoms with E-state index in [9.17, 15) is 0 Å². The van der Waals surface area contributed by atoms with E-state index in [1.54, 1.807) is 0 Å². The summed E-state index contributed by atoms with van der Waals surface area (Å²) < 4.78 is 6.56. The molecule has 170 valence electrons. The maximum absolute atomic E-state index is 6.56. The predicted octanol–water partition coefficient (Wildman–Crippen LogP) is 8.80. The van der Waals surface area contributed by atoms with Crippen molar-refractivity contribution in [1.29, 1.82) is 0 Å². The van der Waals surface area contributed by atoms with Gasteiger partial charge in [0.05, 0.1) is 12.2 Å². The van der Waals surface area contributed by atoms with E-state index in [0.29, 0.717) is 23.0 Å². The standard InChI is InChI=1S/C28H52O/c1-7-28(6,8-2)24-13-11-22(12-14-24)27(4,5)23-15-19-26(20-16-23)29-25-17-9-21(3)10-18-25/h21-26H,7-20H2,1-6H3. The zero-order valence-corrected chi connectivity index (χ0v) is 20.8. The molecule has 3 saturated carbocycles. The molecule has 0 N–H and O–H groups in total. The molecule has 0 aromatic rings. The van der Waals surface area contributed by atoms with Gasteiger partial charge < -0.3 is 4.74 Å². The fourth-order valence-electron chi connectivity index (χ4n) is 7.28. The van der Waals surface area contributed by atoms with Gasteiger partial charge in [-0.2, -0.15) is 0 Å². The van der Waals surface area contributed by atoms with Gasteiger partial charge in [0, 0.05) is 0 Å². The lowest BCUT2D eigenvalue weighted by molar-refractivity contribution is -0.0699. The highest BCUT2D eigenvalue weighted by molar-refractivity contribution is 4.93. The molecule has 0 aromatic heterocycles. The summed E-state index contributed by atoms with van der Waals surface area (Å²) in [5.41, 5.74) is 1.10. The molecule has 0 aliphatic heterocycles. The first kappa shape index (κ1) is 23.6. The monoisotopic (exact) mass is 404 g/mol. The first-order valence-electron chi connectivity index (χ1n) is 13.4. The van der Waals surface area contributed by atoms with Gasteiger partial charge in [-0.1, -0.05) is 54.4 Å². The van der Waals surface area contributed by atoms with E-state index >= 15 is 0 Å². The minimum atomic E-state index is 0.519. The van der Waals surface area contributed by atoms with E-state index in [1.165, 1.54) is 89.9 Å². The van der Waals surface area contributed by atoms with Crippen LogP contribution in [0.15, 0.2) is 0 Å². The van der Waals surface area contributed by atoms with Gasteiger partial charge in [-0.25, -0.2) is 0 Å². The Hall–Kier alpha value is -0.0400. The molecular formula is C28H52O. The highest BCUT2D eigenvalue weighted by Gasteiger charge is 2.43. The van der Waals surface area contributed by atoms with E-state index in [1.807, 2.05) is 0 Å². The average Bonchev–Trinajstić information content (AvgIpc) is 2.75. The van der Waals surface area contributed by atoms with Gasteiger partial charge in [-0.05, 0) is 112 Å². The minimum absolute atomic E-state index is 0.519. The topological polar surface area (TPSA) is 9.23 Å². The van der Waals surface area contributed by atoms with Crippen LogP contribution >= 0.6 is 0 Å². The van der Waals surface area contributed by atoms with Gasteiger partial charge in [0.2, 0.25) is 0 Å². The lowest BCUT2D eigenvalue weighted by atomic mass is 9.57. The molecule has 0 radical (unpaired) electrons. The van der Waals surface area contributed by atoms with E-state index in [2.05, 4.69) is 41.5 Å². The average molecular weight is 405 g/mol. The summed E-state index contributed by atoms with van der Waals surface area (Å²) in [7, 11) is 0. The van der Waals surface area contributed by atoms with Gasteiger partial charge in [0.25, 0.3) is 0 Å². The second kappa shape index (κ2) is 10.1. The van der Waals surface area contributed by atoms with Crippen LogP contribution in [0, 0.1) is 34.5 Å². The van der Waals surface area contributed by atoms with Crippen LogP contribution in [-0.2, 0) is 4.74 Å². The fraction of sp³-hybridized carbons (Fsp3) is 1.00. The first-order chi connectivity index (χ1) is 13.8. The second-order valence-electron chi connectivity index (χ2n) is 12.2. The molecule has 1 nitrogen and oxygen atoms in total. The Bertz CT molecular complexity index is 467. The van der Waals surface area contributed by atoms with Gasteiger partial charge in [0.15, 0.2) is 0 Å². The smallest absolute Gasteiger partial charge is 0.0579 e. The largest absolute Gasteiger partial charge is 0.375 e. The molecule has 0 atom stereocenters. The van der Waals surface area contributed by atoms with Crippen LogP contribution in [0.3, 0.4) is 0 Å². The van der Waals surface area contributed by atoms with Crippen molar-refractivity contribution < 1.29 is 4.74 Å². The molecule has 0 amide bonds. The van der Waals surface area contributed by atoms with Gasteiger partial charge in [-0.3, -0.25) is 0 Å². The van der Waals surface area contributed by atoms with Crippen molar-refractivity contribution in [3.63, 3.8) is 0 Å². The van der Waals surface area contributed by atoms with Crippen molar-refractivity contribution in [3.05, 3.63) is 0 Å². The van der Waals surface area contributed by atoms with Crippen LogP contribution in [-0.4, -0.2) is 12.2 Å². The summed E-state index contributed by atoms with van der Waals surface area (Å²) in [6, 6.07) is 0. The van der Waals surface area contributed by atoms with E-state index in [-0.39, 0.29) is 0 Å². The van der Waals surface area contributed by atoms with Crippen LogP contribution in [0.4, 0.5) is 0 Å². The van der Waals surface area contributed by atoms with Crippen molar-refractivity contribution in [1.82, 2.24) is 0 Å². The Morgan fingerprint density at radius 3 is 1.41 bits per heavy atom. The molecule has 0 saturated heterocycles. The van der Waals surface area contributed by atoms with Gasteiger partial charge in [0.1, 0.15) is 0 Å². The molecule has 0 spiro atoms. The molecule has 1 heteroatoms. The van der Waals surface area contributed by atoms with Crippen LogP contribution in [0.25, 0.3) is 0 Å². The molecular weight excluding hydrogens is 352 g/mol. The Labute approximate surface area is 183 Å². The molecule has 3 fully saturated rings. The summed E-state index contributed by atoms with van der Waals surface area (Å²) in [5, 5.41) is 0. The zero-order valence-electron chi connectivity index (χ0n) is 20.8. The summed E-state index contributed by atoms with van der Waals surface area (Å²) in [5.74, 6) is 3.75. The van der Waals surface area contributed by atoms with Crippen molar-refractivity contribution in [2.45, 2.75) is 144 Å². The van der Waals surface area contributed by atoms with Crippen molar-refractivity contribution in [2.24, 2.45) is 34.5 Å². The van der Waals surface area contributed by atoms with Crippen molar-refractivity contribution in [2.75, 3.05) is 0 Å². The third kappa shape index (κ3) is 5.61. The molecule has 0 unspecified atom stereocenters. The Kier molecular flexibility index (Phi) is 8.19. The Morgan fingerprint density at radius 2 is 0.966 bits per heavy atom. The fourth-order valence-corrected chi connectivity index (χ4v) is 7.28. The highest BCUT2D eigenvalue weighted by Crippen LogP contribution is 2.52. The molecule has 3 aliphatic rings. The second-order valence-corrected chi connectivity index (χ2v) is 12.2. The van der Waals surface area contributed by atoms with Crippen LogP contribution in [0.1, 0.15) is 131 Å². The van der Waals surface area contributed by atoms with E-state index in [0.717, 1.165) is 23.7 Å². The van der Waals surface area contributed by atoms with Gasteiger partial charge >= 0.3 is 0 Å². The SMILES string of the molecule is CCC(C)(CC)C1CCC(C(C)(C)C2CCC(OC3CCC(C)CC3)CC2)CC1. The Balaban J connectivity index is 1.45. The maximum Gasteiger partial charge on any atom is 0.0579 e. The van der Waals surface area contributed by atoms with E-state index in [4.69, 9.17) is 4.74 Å². The van der Waals surface area contributed by atoms with Crippen molar-refractivity contribution >= 4 is 0 Å². The molecule has 0 bridgehead atoms. The summed E-state index contributed by atoms with van der Waals surface area (Å²) in [4.78, 5) is 0. The quantitative estimate of drug-likeness (QED) is 0.412. The van der Waals surface area contributed by atoms with Crippen LogP contribution < -0.4 is 0 Å². The third-order valence-electron chi connectivity index (χ3n) is 10.5. The number of ether oxygens (including phenoxy) is 1. The Morgan fingerprint density at radius 1 is 0.586 bits per heavy atom. The normalized spacial score (nSPS) is 37.4. The number of rotatable bonds is 7. The summed E-state index contributed by atoms with van der Waals surface area (Å²) in [6.07, 6.45) is 20.6. The van der Waals surface area contributed by atoms with Crippen molar-refractivity contribution in [3.8, 4) is 0 Å². The third-order valence-corrected chi connectivity index (χ3v) is 10.5. The predicted molar refractivity (Wildman–Crippen MR) is 126 cm³/mol. The van der Waals surface area contributed by atoms with Crippen LogP contribution in [0.5, 0.6) is 0 Å². The van der Waals surface area contributed by atoms with E-state index < -0.39 is 0 Å². The summed E-state index contributed by atoms with van der Waals surface area (Å²) >= 11 is 0. The maximum atomic E-state index is 6.56. The lowest BCUT2D eigenvalue weighted by Crippen LogP contribution is -2.40. The molecule has 3 rings (SSSR count). The molecule has 0 aromatic carbocycles. The number of hydrogen-bond acceptors (Lipinski definition) is 1. The van der Waals surface area contributed by atoms with Crippen LogP contribution in [0.2, 0.25) is 0 Å². The first-order valence-corrected chi connectivity index (χ1v) is 13.4. The summed E-state index contributed by atoms with van der Waals surface area (Å²) in [6.45, 7) is 15.0. The molecule has 29 heavy (non-hydrogen) atoms. The zero-order chi connectivity index (χ0) is 21.1. The minimum Gasteiger partial charge on any atom is -0.375 e.